The minimum atomic E-state index is -0.330. The minimum absolute atomic E-state index is 0.289. The highest BCUT2D eigenvalue weighted by molar-refractivity contribution is 6.42. The van der Waals surface area contributed by atoms with E-state index in [-0.39, 0.29) is 11.3 Å². The first-order valence-corrected chi connectivity index (χ1v) is 8.25. The molecule has 0 bridgehead atoms. The van der Waals surface area contributed by atoms with Crippen LogP contribution in [0, 0.1) is 5.92 Å². The molecule has 0 aliphatic heterocycles. The van der Waals surface area contributed by atoms with Gasteiger partial charge in [0, 0.05) is 6.42 Å². The van der Waals surface area contributed by atoms with Crippen molar-refractivity contribution in [2.75, 3.05) is 14.1 Å². The lowest BCUT2D eigenvalue weighted by molar-refractivity contribution is -0.132. The Morgan fingerprint density at radius 3 is 2.62 bits per heavy atom. The van der Waals surface area contributed by atoms with Crippen LogP contribution in [0.5, 0.6) is 0 Å². The molecule has 2 rings (SSSR count). The van der Waals surface area contributed by atoms with Crippen molar-refractivity contribution in [1.82, 2.24) is 4.90 Å². The molecule has 4 heteroatoms. The average Bonchev–Trinajstić information content (AvgIpc) is 2.42. The number of Topliss-reactive ketones (excluding diaryl/α,β-unsaturated/α-hetero) is 1. The molecule has 0 radical (unpaired) electrons. The van der Waals surface area contributed by atoms with Crippen molar-refractivity contribution >= 4 is 29.0 Å². The van der Waals surface area contributed by atoms with E-state index in [1.165, 1.54) is 6.42 Å². The molecule has 0 spiro atoms. The van der Waals surface area contributed by atoms with Crippen LogP contribution < -0.4 is 0 Å². The van der Waals surface area contributed by atoms with Crippen molar-refractivity contribution in [1.29, 1.82) is 0 Å². The van der Waals surface area contributed by atoms with E-state index in [2.05, 4.69) is 11.8 Å². The molecule has 0 N–H and O–H groups in total. The summed E-state index contributed by atoms with van der Waals surface area (Å²) < 4.78 is 0. The minimum Gasteiger partial charge on any atom is -0.297 e. The van der Waals surface area contributed by atoms with Crippen molar-refractivity contribution in [2.45, 2.75) is 44.6 Å². The third kappa shape index (κ3) is 3.61. The van der Waals surface area contributed by atoms with Gasteiger partial charge in [0.05, 0.1) is 15.6 Å². The molecule has 1 aromatic rings. The van der Waals surface area contributed by atoms with Gasteiger partial charge in [-0.25, -0.2) is 0 Å². The number of ketones is 1. The first kappa shape index (κ1) is 16.8. The molecule has 1 aliphatic carbocycles. The molecule has 21 heavy (non-hydrogen) atoms. The summed E-state index contributed by atoms with van der Waals surface area (Å²) >= 11 is 12.0. The smallest absolute Gasteiger partial charge is 0.157 e. The van der Waals surface area contributed by atoms with Gasteiger partial charge in [0.1, 0.15) is 0 Å². The van der Waals surface area contributed by atoms with E-state index in [0.717, 1.165) is 24.8 Å². The van der Waals surface area contributed by atoms with Gasteiger partial charge in [-0.2, -0.15) is 0 Å². The van der Waals surface area contributed by atoms with Gasteiger partial charge in [-0.3, -0.25) is 9.69 Å². The van der Waals surface area contributed by atoms with Gasteiger partial charge in [0.2, 0.25) is 0 Å². The van der Waals surface area contributed by atoms with Crippen molar-refractivity contribution < 1.29 is 4.79 Å². The summed E-state index contributed by atoms with van der Waals surface area (Å²) in [5.41, 5.74) is 0.609. The second-order valence-corrected chi connectivity index (χ2v) is 7.29. The largest absolute Gasteiger partial charge is 0.297 e. The Morgan fingerprint density at radius 2 is 2.05 bits per heavy atom. The molecule has 0 aromatic heterocycles. The standard InChI is InChI=1S/C17H23Cl2NO/c1-12-5-4-8-17(11-12,20(2)3)16(21)10-13-6-7-14(18)15(19)9-13/h6-7,9,12H,4-5,8,10-11H2,1-3H3. The second kappa shape index (κ2) is 6.68. The lowest BCUT2D eigenvalue weighted by Crippen LogP contribution is -2.54. The fourth-order valence-corrected chi connectivity index (χ4v) is 3.75. The monoisotopic (exact) mass is 327 g/mol. The molecular formula is C17H23Cl2NO. The fraction of sp³-hybridized carbons (Fsp3) is 0.588. The molecule has 1 saturated carbocycles. The van der Waals surface area contributed by atoms with Gasteiger partial charge < -0.3 is 0 Å². The maximum Gasteiger partial charge on any atom is 0.157 e. The maximum atomic E-state index is 13.0. The zero-order valence-corrected chi connectivity index (χ0v) is 14.5. The molecular weight excluding hydrogens is 305 g/mol. The highest BCUT2D eigenvalue weighted by Crippen LogP contribution is 2.37. The van der Waals surface area contributed by atoms with E-state index in [9.17, 15) is 4.79 Å². The maximum absolute atomic E-state index is 13.0. The van der Waals surface area contributed by atoms with Crippen molar-refractivity contribution in [3.8, 4) is 0 Å². The fourth-order valence-electron chi connectivity index (χ4n) is 3.43. The van der Waals surface area contributed by atoms with Crippen LogP contribution in [0.25, 0.3) is 0 Å². The van der Waals surface area contributed by atoms with Gasteiger partial charge in [0.25, 0.3) is 0 Å². The SMILES string of the molecule is CC1CCCC(C(=O)Cc2ccc(Cl)c(Cl)c2)(N(C)C)C1. The third-order valence-electron chi connectivity index (χ3n) is 4.70. The average molecular weight is 328 g/mol. The van der Waals surface area contributed by atoms with E-state index in [4.69, 9.17) is 23.2 Å². The number of hydrogen-bond donors (Lipinski definition) is 0. The van der Waals surface area contributed by atoms with Crippen LogP contribution in [0.4, 0.5) is 0 Å². The molecule has 2 unspecified atom stereocenters. The first-order chi connectivity index (χ1) is 9.85. The van der Waals surface area contributed by atoms with E-state index in [1.54, 1.807) is 12.1 Å². The Bertz CT molecular complexity index is 530. The molecule has 116 valence electrons. The Labute approximate surface area is 137 Å². The summed E-state index contributed by atoms with van der Waals surface area (Å²) in [7, 11) is 4.04. The van der Waals surface area contributed by atoms with Crippen molar-refractivity contribution in [2.24, 2.45) is 5.92 Å². The van der Waals surface area contributed by atoms with Gasteiger partial charge in [-0.15, -0.1) is 0 Å². The highest BCUT2D eigenvalue weighted by atomic mass is 35.5. The molecule has 0 amide bonds. The molecule has 0 heterocycles. The number of carbonyl (C=O) groups is 1. The van der Waals surface area contributed by atoms with Crippen LogP contribution in [0.3, 0.4) is 0 Å². The zero-order valence-electron chi connectivity index (χ0n) is 13.0. The Morgan fingerprint density at radius 1 is 1.33 bits per heavy atom. The molecule has 2 nitrogen and oxygen atoms in total. The van der Waals surface area contributed by atoms with Gasteiger partial charge >= 0.3 is 0 Å². The predicted molar refractivity (Wildman–Crippen MR) is 89.2 cm³/mol. The molecule has 0 saturated heterocycles. The second-order valence-electron chi connectivity index (χ2n) is 6.48. The molecule has 1 fully saturated rings. The Balaban J connectivity index is 2.21. The van der Waals surface area contributed by atoms with E-state index in [1.807, 2.05) is 20.2 Å². The number of carbonyl (C=O) groups excluding carboxylic acids is 1. The number of hydrogen-bond acceptors (Lipinski definition) is 2. The normalized spacial score (nSPS) is 26.1. The Hall–Kier alpha value is -0.570. The van der Waals surface area contributed by atoms with Gasteiger partial charge in [-0.05, 0) is 50.6 Å². The van der Waals surface area contributed by atoms with Gasteiger partial charge in [0.15, 0.2) is 5.78 Å². The number of benzene rings is 1. The summed E-state index contributed by atoms with van der Waals surface area (Å²) in [6.07, 6.45) is 4.65. The Kier molecular flexibility index (Phi) is 5.34. The lowest BCUT2D eigenvalue weighted by atomic mass is 9.72. The first-order valence-electron chi connectivity index (χ1n) is 7.50. The van der Waals surface area contributed by atoms with Crippen LogP contribution in [-0.2, 0) is 11.2 Å². The quantitative estimate of drug-likeness (QED) is 0.804. The summed E-state index contributed by atoms with van der Waals surface area (Å²) in [5.74, 6) is 0.886. The van der Waals surface area contributed by atoms with E-state index >= 15 is 0 Å². The predicted octanol–water partition coefficient (Wildman–Crippen LogP) is 4.62. The number of rotatable bonds is 4. The molecule has 1 aromatic carbocycles. The topological polar surface area (TPSA) is 20.3 Å². The number of likely N-dealkylation sites (N-methyl/N-ethyl adjacent to an activating group) is 1. The van der Waals surface area contributed by atoms with Crippen molar-refractivity contribution in [3.05, 3.63) is 33.8 Å². The lowest BCUT2D eigenvalue weighted by Gasteiger charge is -2.44. The summed E-state index contributed by atoms with van der Waals surface area (Å²) in [5, 5.41) is 1.04. The molecule has 1 aliphatic rings. The zero-order chi connectivity index (χ0) is 15.6. The summed E-state index contributed by atoms with van der Waals surface area (Å²) in [6, 6.07) is 5.46. The van der Waals surface area contributed by atoms with Crippen molar-refractivity contribution in [3.63, 3.8) is 0 Å². The van der Waals surface area contributed by atoms with Gasteiger partial charge in [-0.1, -0.05) is 49.0 Å². The summed E-state index contributed by atoms with van der Waals surface area (Å²) in [4.78, 5) is 15.1. The van der Waals surface area contributed by atoms with Crippen LogP contribution in [0.2, 0.25) is 10.0 Å². The number of nitrogens with zero attached hydrogens (tertiary/aromatic N) is 1. The molecule has 2 atom stereocenters. The highest BCUT2D eigenvalue weighted by Gasteiger charge is 2.42. The van der Waals surface area contributed by atoms with Crippen LogP contribution >= 0.6 is 23.2 Å². The van der Waals surface area contributed by atoms with Crippen LogP contribution in [0.1, 0.15) is 38.2 Å². The van der Waals surface area contributed by atoms with Crippen LogP contribution in [0.15, 0.2) is 18.2 Å². The third-order valence-corrected chi connectivity index (χ3v) is 5.44. The summed E-state index contributed by atoms with van der Waals surface area (Å²) in [6.45, 7) is 2.24. The number of halogens is 2. The van der Waals surface area contributed by atoms with Crippen LogP contribution in [-0.4, -0.2) is 30.3 Å². The van der Waals surface area contributed by atoms with E-state index in [0.29, 0.717) is 22.4 Å². The van der Waals surface area contributed by atoms with E-state index < -0.39 is 0 Å².